The van der Waals surface area contributed by atoms with E-state index in [0.717, 1.165) is 12.8 Å². The van der Waals surface area contributed by atoms with Crippen molar-refractivity contribution in [3.05, 3.63) is 59.2 Å². The molecule has 0 aliphatic heterocycles. The lowest BCUT2D eigenvalue weighted by atomic mass is 9.94. The van der Waals surface area contributed by atoms with Crippen LogP contribution in [0.25, 0.3) is 11.1 Å². The zero-order valence-corrected chi connectivity index (χ0v) is 12.2. The largest absolute Gasteiger partial charge is 0.203 e. The molecule has 0 saturated heterocycles. The van der Waals surface area contributed by atoms with E-state index in [1.54, 1.807) is 19.1 Å². The Hall–Kier alpha value is -1.70. The fourth-order valence-corrected chi connectivity index (χ4v) is 2.46. The highest BCUT2D eigenvalue weighted by Crippen LogP contribution is 2.28. The lowest BCUT2D eigenvalue weighted by Gasteiger charge is -2.12. The van der Waals surface area contributed by atoms with Gasteiger partial charge in [-0.2, -0.15) is 0 Å². The smallest absolute Gasteiger partial charge is 0.166 e. The molecule has 0 N–H and O–H groups in total. The third kappa shape index (κ3) is 2.90. The fraction of sp³-hybridized carbons (Fsp3) is 0.333. The summed E-state index contributed by atoms with van der Waals surface area (Å²) in [6, 6.07) is 11.0. The highest BCUT2D eigenvalue weighted by Gasteiger charge is 2.13. The van der Waals surface area contributed by atoms with Crippen LogP contribution in [0.5, 0.6) is 0 Å². The summed E-state index contributed by atoms with van der Waals surface area (Å²) in [5.41, 5.74) is 2.61. The van der Waals surface area contributed by atoms with Crippen molar-refractivity contribution in [2.75, 3.05) is 0 Å². The summed E-state index contributed by atoms with van der Waals surface area (Å²) in [6.07, 6.45) is 2.27. The molecular formula is C18H20F2. The minimum Gasteiger partial charge on any atom is -0.203 e. The van der Waals surface area contributed by atoms with E-state index < -0.39 is 11.6 Å². The molecule has 0 fully saturated rings. The average Bonchev–Trinajstić information content (AvgIpc) is 2.45. The van der Waals surface area contributed by atoms with Crippen molar-refractivity contribution < 1.29 is 8.78 Å². The molecule has 0 heterocycles. The molecule has 0 aliphatic rings. The first-order valence-electron chi connectivity index (χ1n) is 7.09. The van der Waals surface area contributed by atoms with Gasteiger partial charge < -0.3 is 0 Å². The lowest BCUT2D eigenvalue weighted by molar-refractivity contribution is 0.505. The Labute approximate surface area is 119 Å². The van der Waals surface area contributed by atoms with Crippen LogP contribution in [0.15, 0.2) is 36.4 Å². The summed E-state index contributed by atoms with van der Waals surface area (Å²) >= 11 is 0. The maximum atomic E-state index is 14.0. The van der Waals surface area contributed by atoms with Gasteiger partial charge in [0, 0.05) is 5.56 Å². The summed E-state index contributed by atoms with van der Waals surface area (Å²) in [5, 5.41) is 0. The molecule has 2 heteroatoms. The zero-order chi connectivity index (χ0) is 14.7. The molecule has 2 aromatic carbocycles. The van der Waals surface area contributed by atoms with Crippen LogP contribution in [0.4, 0.5) is 8.78 Å². The number of rotatable bonds is 4. The summed E-state index contributed by atoms with van der Waals surface area (Å²) in [6.45, 7) is 5.91. The zero-order valence-electron chi connectivity index (χ0n) is 12.2. The van der Waals surface area contributed by atoms with Gasteiger partial charge in [-0.25, -0.2) is 8.78 Å². The predicted octanol–water partition coefficient (Wildman–Crippen LogP) is 5.84. The van der Waals surface area contributed by atoms with Crippen molar-refractivity contribution in [1.29, 1.82) is 0 Å². The molecule has 0 amide bonds. The molecule has 0 radical (unpaired) electrons. The van der Waals surface area contributed by atoms with E-state index in [0.29, 0.717) is 22.6 Å². The standard InChI is InChI=1S/C18H20F2/c1-4-5-12(2)14-7-9-15(10-8-14)16-11-6-13(3)17(19)18(16)20/h6-12H,4-5H2,1-3H3. The van der Waals surface area contributed by atoms with Crippen LogP contribution in [0.3, 0.4) is 0 Å². The van der Waals surface area contributed by atoms with Gasteiger partial charge in [0.15, 0.2) is 11.6 Å². The van der Waals surface area contributed by atoms with Crippen molar-refractivity contribution >= 4 is 0 Å². The molecule has 0 aromatic heterocycles. The number of halogens is 2. The lowest BCUT2D eigenvalue weighted by Crippen LogP contribution is -1.95. The Kier molecular flexibility index (Phi) is 4.53. The third-order valence-electron chi connectivity index (χ3n) is 3.79. The molecule has 1 unspecified atom stereocenters. The van der Waals surface area contributed by atoms with E-state index in [2.05, 4.69) is 13.8 Å². The van der Waals surface area contributed by atoms with Crippen LogP contribution < -0.4 is 0 Å². The van der Waals surface area contributed by atoms with Gasteiger partial charge in [0.25, 0.3) is 0 Å². The van der Waals surface area contributed by atoms with Crippen molar-refractivity contribution in [3.8, 4) is 11.1 Å². The normalized spacial score (nSPS) is 12.4. The fourth-order valence-electron chi connectivity index (χ4n) is 2.46. The van der Waals surface area contributed by atoms with Gasteiger partial charge in [0.2, 0.25) is 0 Å². The third-order valence-corrected chi connectivity index (χ3v) is 3.79. The van der Waals surface area contributed by atoms with Crippen molar-refractivity contribution in [1.82, 2.24) is 0 Å². The van der Waals surface area contributed by atoms with Crippen molar-refractivity contribution in [3.63, 3.8) is 0 Å². The Morgan fingerprint density at radius 1 is 0.950 bits per heavy atom. The number of benzene rings is 2. The van der Waals surface area contributed by atoms with Gasteiger partial charge in [0.1, 0.15) is 0 Å². The van der Waals surface area contributed by atoms with Gasteiger partial charge in [-0.1, -0.05) is 56.7 Å². The molecule has 1 atom stereocenters. The molecular weight excluding hydrogens is 254 g/mol. The minimum absolute atomic E-state index is 0.322. The Morgan fingerprint density at radius 2 is 1.60 bits per heavy atom. The van der Waals surface area contributed by atoms with E-state index in [-0.39, 0.29) is 0 Å². The first-order chi connectivity index (χ1) is 9.54. The van der Waals surface area contributed by atoms with E-state index in [1.807, 2.05) is 24.3 Å². The number of aryl methyl sites for hydroxylation is 1. The predicted molar refractivity (Wildman–Crippen MR) is 79.9 cm³/mol. The number of hydrogen-bond acceptors (Lipinski definition) is 0. The molecule has 0 nitrogen and oxygen atoms in total. The second kappa shape index (κ2) is 6.17. The highest BCUT2D eigenvalue weighted by molar-refractivity contribution is 5.65. The maximum absolute atomic E-state index is 14.0. The summed E-state index contributed by atoms with van der Waals surface area (Å²) in [4.78, 5) is 0. The van der Waals surface area contributed by atoms with E-state index in [4.69, 9.17) is 0 Å². The monoisotopic (exact) mass is 274 g/mol. The van der Waals surface area contributed by atoms with Crippen molar-refractivity contribution in [2.24, 2.45) is 0 Å². The van der Waals surface area contributed by atoms with Gasteiger partial charge in [-0.15, -0.1) is 0 Å². The van der Waals surface area contributed by atoms with E-state index in [1.165, 1.54) is 5.56 Å². The topological polar surface area (TPSA) is 0 Å². The van der Waals surface area contributed by atoms with Crippen molar-refractivity contribution in [2.45, 2.75) is 39.5 Å². The molecule has 0 saturated carbocycles. The SMILES string of the molecule is CCCC(C)c1ccc(-c2ccc(C)c(F)c2F)cc1. The second-order valence-electron chi connectivity index (χ2n) is 5.37. The highest BCUT2D eigenvalue weighted by atomic mass is 19.2. The summed E-state index contributed by atoms with van der Waals surface area (Å²) in [7, 11) is 0. The molecule has 0 aliphatic carbocycles. The average molecular weight is 274 g/mol. The van der Waals surface area contributed by atoms with Crippen LogP contribution in [0.2, 0.25) is 0 Å². The molecule has 0 spiro atoms. The summed E-state index contributed by atoms with van der Waals surface area (Å²) in [5.74, 6) is -1.03. The van der Waals surface area contributed by atoms with Gasteiger partial charge >= 0.3 is 0 Å². The molecule has 2 rings (SSSR count). The van der Waals surface area contributed by atoms with Crippen LogP contribution in [0, 0.1) is 18.6 Å². The molecule has 20 heavy (non-hydrogen) atoms. The van der Waals surface area contributed by atoms with Gasteiger partial charge in [-0.3, -0.25) is 0 Å². The van der Waals surface area contributed by atoms with Crippen LogP contribution in [0.1, 0.15) is 43.7 Å². The van der Waals surface area contributed by atoms with Crippen LogP contribution >= 0.6 is 0 Å². The maximum Gasteiger partial charge on any atom is 0.166 e. The minimum atomic E-state index is -0.764. The first-order valence-corrected chi connectivity index (χ1v) is 7.09. The van der Waals surface area contributed by atoms with E-state index in [9.17, 15) is 8.78 Å². The first kappa shape index (κ1) is 14.7. The molecule has 2 aromatic rings. The van der Waals surface area contributed by atoms with Crippen LogP contribution in [-0.4, -0.2) is 0 Å². The molecule has 106 valence electrons. The van der Waals surface area contributed by atoms with Gasteiger partial charge in [0.05, 0.1) is 0 Å². The quantitative estimate of drug-likeness (QED) is 0.656. The Bertz CT molecular complexity index is 585. The number of hydrogen-bond donors (Lipinski definition) is 0. The van der Waals surface area contributed by atoms with Crippen LogP contribution in [-0.2, 0) is 0 Å². The van der Waals surface area contributed by atoms with Gasteiger partial charge in [-0.05, 0) is 36.0 Å². The summed E-state index contributed by atoms with van der Waals surface area (Å²) < 4.78 is 27.6. The van der Waals surface area contributed by atoms with E-state index >= 15 is 0 Å². The Morgan fingerprint density at radius 3 is 2.20 bits per heavy atom. The second-order valence-corrected chi connectivity index (χ2v) is 5.37. The Balaban J connectivity index is 2.33. The molecule has 0 bridgehead atoms.